The van der Waals surface area contributed by atoms with Crippen LogP contribution in [0.15, 0.2) is 23.1 Å². The summed E-state index contributed by atoms with van der Waals surface area (Å²) in [4.78, 5) is 1.72. The molecule has 1 rings (SSSR count). The minimum absolute atomic E-state index is 0.284. The lowest BCUT2D eigenvalue weighted by molar-refractivity contribution is -0.119. The van der Waals surface area contributed by atoms with Gasteiger partial charge in [-0.25, -0.2) is 0 Å². The van der Waals surface area contributed by atoms with Crippen LogP contribution in [0.1, 0.15) is 5.56 Å². The van der Waals surface area contributed by atoms with Crippen molar-refractivity contribution < 1.29 is 13.2 Å². The standard InChI is InChI=1S/C11H11F3N2S/c1-16(7-11(12,13)14)9-4-3-5-10(17-2)8(9)6-15/h3-5H,7H2,1-2H3. The summed E-state index contributed by atoms with van der Waals surface area (Å²) in [6.45, 7) is -1.07. The maximum absolute atomic E-state index is 12.3. The highest BCUT2D eigenvalue weighted by Crippen LogP contribution is 2.30. The number of thioether (sulfide) groups is 1. The van der Waals surface area contributed by atoms with E-state index in [0.29, 0.717) is 10.6 Å². The van der Waals surface area contributed by atoms with Crippen LogP contribution >= 0.6 is 11.8 Å². The van der Waals surface area contributed by atoms with Gasteiger partial charge in [0.2, 0.25) is 0 Å². The van der Waals surface area contributed by atoms with Crippen LogP contribution < -0.4 is 4.90 Å². The van der Waals surface area contributed by atoms with Gasteiger partial charge in [0, 0.05) is 11.9 Å². The van der Waals surface area contributed by atoms with Crippen molar-refractivity contribution in [3.8, 4) is 6.07 Å². The summed E-state index contributed by atoms with van der Waals surface area (Å²) in [5, 5.41) is 9.01. The first-order valence-corrected chi connectivity index (χ1v) is 5.96. The first-order chi connectivity index (χ1) is 7.89. The molecule has 0 aliphatic carbocycles. The molecule has 1 aromatic rings. The van der Waals surface area contributed by atoms with Gasteiger partial charge < -0.3 is 4.90 Å². The van der Waals surface area contributed by atoms with Crippen LogP contribution in [0.3, 0.4) is 0 Å². The summed E-state index contributed by atoms with van der Waals surface area (Å²) in [7, 11) is 1.33. The number of alkyl halides is 3. The number of rotatable bonds is 3. The van der Waals surface area contributed by atoms with Crippen molar-refractivity contribution >= 4 is 17.4 Å². The third-order valence-corrected chi connectivity index (χ3v) is 2.94. The predicted molar refractivity (Wildman–Crippen MR) is 62.3 cm³/mol. The van der Waals surface area contributed by atoms with Gasteiger partial charge >= 0.3 is 6.18 Å². The van der Waals surface area contributed by atoms with E-state index in [1.165, 1.54) is 24.9 Å². The number of anilines is 1. The third kappa shape index (κ3) is 3.56. The zero-order valence-electron chi connectivity index (χ0n) is 9.38. The average Bonchev–Trinajstić information content (AvgIpc) is 2.25. The fourth-order valence-corrected chi connectivity index (χ4v) is 2.04. The topological polar surface area (TPSA) is 27.0 Å². The number of hydrogen-bond acceptors (Lipinski definition) is 3. The van der Waals surface area contributed by atoms with E-state index in [2.05, 4.69) is 0 Å². The second-order valence-corrected chi connectivity index (χ2v) is 4.29. The number of nitriles is 1. The third-order valence-electron chi connectivity index (χ3n) is 2.16. The number of benzene rings is 1. The van der Waals surface area contributed by atoms with Gasteiger partial charge in [0.25, 0.3) is 0 Å². The molecule has 2 nitrogen and oxygen atoms in total. The average molecular weight is 260 g/mol. The van der Waals surface area contributed by atoms with Crippen LogP contribution in [0.25, 0.3) is 0 Å². The summed E-state index contributed by atoms with van der Waals surface area (Å²) >= 11 is 1.34. The van der Waals surface area contributed by atoms with Gasteiger partial charge in [0.05, 0.1) is 11.3 Å². The van der Waals surface area contributed by atoms with Gasteiger partial charge in [-0.3, -0.25) is 0 Å². The number of halogens is 3. The van der Waals surface area contributed by atoms with Gasteiger partial charge in [0.1, 0.15) is 12.6 Å². The van der Waals surface area contributed by atoms with Crippen molar-refractivity contribution in [1.29, 1.82) is 5.26 Å². The normalized spacial score (nSPS) is 11.1. The zero-order chi connectivity index (χ0) is 13.1. The van der Waals surface area contributed by atoms with Crippen LogP contribution in [-0.4, -0.2) is 26.0 Å². The van der Waals surface area contributed by atoms with Crippen molar-refractivity contribution in [2.24, 2.45) is 0 Å². The second-order valence-electron chi connectivity index (χ2n) is 3.44. The highest BCUT2D eigenvalue weighted by atomic mass is 32.2. The van der Waals surface area contributed by atoms with E-state index in [4.69, 9.17) is 5.26 Å². The van der Waals surface area contributed by atoms with Gasteiger partial charge in [-0.2, -0.15) is 18.4 Å². The molecule has 0 radical (unpaired) electrons. The number of hydrogen-bond donors (Lipinski definition) is 0. The summed E-state index contributed by atoms with van der Waals surface area (Å²) in [5.74, 6) is 0. The Hall–Kier alpha value is -1.35. The molecule has 0 aliphatic heterocycles. The Labute approximate surface area is 102 Å². The lowest BCUT2D eigenvalue weighted by Gasteiger charge is -2.22. The number of nitrogens with zero attached hydrogens (tertiary/aromatic N) is 2. The quantitative estimate of drug-likeness (QED) is 0.780. The van der Waals surface area contributed by atoms with Crippen molar-refractivity contribution in [3.63, 3.8) is 0 Å². The molecule has 1 aromatic carbocycles. The van der Waals surface area contributed by atoms with Gasteiger partial charge in [-0.05, 0) is 18.4 Å². The molecule has 92 valence electrons. The molecule has 0 saturated carbocycles. The van der Waals surface area contributed by atoms with Gasteiger partial charge in [-0.1, -0.05) is 6.07 Å². The molecular weight excluding hydrogens is 249 g/mol. The van der Waals surface area contributed by atoms with E-state index in [9.17, 15) is 13.2 Å². The zero-order valence-corrected chi connectivity index (χ0v) is 10.2. The van der Waals surface area contributed by atoms with Crippen LogP contribution in [-0.2, 0) is 0 Å². The molecule has 0 heterocycles. The summed E-state index contributed by atoms with van der Waals surface area (Å²) in [5.41, 5.74) is 0.587. The molecule has 0 atom stereocenters. The van der Waals surface area contributed by atoms with Crippen molar-refractivity contribution in [2.45, 2.75) is 11.1 Å². The van der Waals surface area contributed by atoms with Crippen LogP contribution in [0.4, 0.5) is 18.9 Å². The molecule has 0 fully saturated rings. The Morgan fingerprint density at radius 3 is 2.53 bits per heavy atom. The van der Waals surface area contributed by atoms with Gasteiger partial charge in [-0.15, -0.1) is 11.8 Å². The highest BCUT2D eigenvalue weighted by molar-refractivity contribution is 7.98. The largest absolute Gasteiger partial charge is 0.405 e. The van der Waals surface area contributed by atoms with Crippen LogP contribution in [0.2, 0.25) is 0 Å². The molecule has 0 unspecified atom stereocenters. The maximum Gasteiger partial charge on any atom is 0.405 e. The highest BCUT2D eigenvalue weighted by Gasteiger charge is 2.30. The molecule has 0 bridgehead atoms. The maximum atomic E-state index is 12.3. The molecule has 0 saturated heterocycles. The second kappa shape index (κ2) is 5.32. The molecular formula is C11H11F3N2S. The first-order valence-electron chi connectivity index (χ1n) is 4.74. The molecule has 0 aromatic heterocycles. The van der Waals surface area contributed by atoms with Crippen molar-refractivity contribution in [1.82, 2.24) is 0 Å². The predicted octanol–water partition coefficient (Wildman–Crippen LogP) is 3.28. The van der Waals surface area contributed by atoms with E-state index in [1.54, 1.807) is 18.4 Å². The summed E-state index contributed by atoms with van der Waals surface area (Å²) < 4.78 is 36.8. The van der Waals surface area contributed by atoms with E-state index in [0.717, 1.165) is 4.90 Å². The van der Waals surface area contributed by atoms with Crippen molar-refractivity contribution in [2.75, 3.05) is 24.7 Å². The molecule has 6 heteroatoms. The lowest BCUT2D eigenvalue weighted by Crippen LogP contribution is -2.31. The van der Waals surface area contributed by atoms with E-state index in [-0.39, 0.29) is 5.56 Å². The van der Waals surface area contributed by atoms with E-state index < -0.39 is 12.7 Å². The molecule has 0 amide bonds. The Bertz CT molecular complexity index is 437. The fourth-order valence-electron chi connectivity index (χ4n) is 1.47. The van der Waals surface area contributed by atoms with Gasteiger partial charge in [0.15, 0.2) is 0 Å². The molecule has 0 spiro atoms. The van der Waals surface area contributed by atoms with E-state index in [1.807, 2.05) is 6.07 Å². The molecule has 17 heavy (non-hydrogen) atoms. The Morgan fingerprint density at radius 2 is 2.06 bits per heavy atom. The Kier molecular flexibility index (Phi) is 4.29. The summed E-state index contributed by atoms with van der Waals surface area (Å²) in [6.07, 6.45) is -2.50. The summed E-state index contributed by atoms with van der Waals surface area (Å²) in [6, 6.07) is 6.83. The first kappa shape index (κ1) is 13.7. The van der Waals surface area contributed by atoms with E-state index >= 15 is 0 Å². The van der Waals surface area contributed by atoms with Crippen molar-refractivity contribution in [3.05, 3.63) is 23.8 Å². The molecule has 0 N–H and O–H groups in total. The Balaban J connectivity index is 3.10. The fraction of sp³-hybridized carbons (Fsp3) is 0.364. The smallest absolute Gasteiger partial charge is 0.365 e. The Morgan fingerprint density at radius 1 is 1.41 bits per heavy atom. The SMILES string of the molecule is CSc1cccc(N(C)CC(F)(F)F)c1C#N. The monoisotopic (exact) mass is 260 g/mol. The molecule has 0 aliphatic rings. The lowest BCUT2D eigenvalue weighted by atomic mass is 10.2. The minimum Gasteiger partial charge on any atom is -0.365 e. The van der Waals surface area contributed by atoms with Crippen LogP contribution in [0, 0.1) is 11.3 Å². The van der Waals surface area contributed by atoms with Crippen LogP contribution in [0.5, 0.6) is 0 Å². The minimum atomic E-state index is -4.28.